The summed E-state index contributed by atoms with van der Waals surface area (Å²) in [5, 5.41) is 2.95. The Morgan fingerprint density at radius 2 is 1.68 bits per heavy atom. The highest BCUT2D eigenvalue weighted by Gasteiger charge is 2.15. The van der Waals surface area contributed by atoms with Gasteiger partial charge in [0.15, 0.2) is 5.78 Å². The fourth-order valence-corrected chi connectivity index (χ4v) is 2.90. The standard InChI is InChI=1S/C23H30N2O3/c1-4-16-28-20-12-10-19(11-13-20)22(26)14-15-23(27)24-17-21(25(2)3)18-8-6-5-7-9-18/h5-13,21H,4,14-17H2,1-3H3,(H,24,27). The van der Waals surface area contributed by atoms with E-state index in [4.69, 9.17) is 4.74 Å². The molecule has 5 heteroatoms. The molecule has 5 nitrogen and oxygen atoms in total. The number of amides is 1. The average molecular weight is 383 g/mol. The molecule has 0 bridgehead atoms. The molecule has 2 rings (SSSR count). The van der Waals surface area contributed by atoms with Crippen molar-refractivity contribution in [2.45, 2.75) is 32.2 Å². The minimum absolute atomic E-state index is 0.0376. The third kappa shape index (κ3) is 6.82. The molecule has 2 aromatic rings. The van der Waals surface area contributed by atoms with E-state index in [-0.39, 0.29) is 30.6 Å². The van der Waals surface area contributed by atoms with Gasteiger partial charge in [-0.05, 0) is 50.3 Å². The largest absolute Gasteiger partial charge is 0.494 e. The molecule has 0 radical (unpaired) electrons. The van der Waals surface area contributed by atoms with Crippen LogP contribution in [0.5, 0.6) is 5.75 Å². The number of nitrogens with zero attached hydrogens (tertiary/aromatic N) is 1. The molecule has 2 aromatic carbocycles. The molecule has 150 valence electrons. The van der Waals surface area contributed by atoms with Crippen LogP contribution in [0.15, 0.2) is 54.6 Å². The SMILES string of the molecule is CCCOc1ccc(C(=O)CCC(=O)NCC(c2ccccc2)N(C)C)cc1. The summed E-state index contributed by atoms with van der Waals surface area (Å²) < 4.78 is 5.52. The summed E-state index contributed by atoms with van der Waals surface area (Å²) in [5.41, 5.74) is 1.75. The molecule has 28 heavy (non-hydrogen) atoms. The third-order valence-electron chi connectivity index (χ3n) is 4.53. The second-order valence-electron chi connectivity index (χ2n) is 6.99. The van der Waals surface area contributed by atoms with Crippen LogP contribution in [-0.4, -0.2) is 43.8 Å². The fraction of sp³-hybridized carbons (Fsp3) is 0.391. The van der Waals surface area contributed by atoms with E-state index >= 15 is 0 Å². The Morgan fingerprint density at radius 1 is 1.00 bits per heavy atom. The number of hydrogen-bond acceptors (Lipinski definition) is 4. The van der Waals surface area contributed by atoms with E-state index in [0.29, 0.717) is 18.7 Å². The quantitative estimate of drug-likeness (QED) is 0.600. The van der Waals surface area contributed by atoms with Gasteiger partial charge < -0.3 is 15.0 Å². The van der Waals surface area contributed by atoms with Crippen LogP contribution in [0.1, 0.15) is 48.1 Å². The Labute approximate surface area is 167 Å². The highest BCUT2D eigenvalue weighted by atomic mass is 16.5. The lowest BCUT2D eigenvalue weighted by Crippen LogP contribution is -2.34. The Kier molecular flexibility index (Phi) is 8.69. The third-order valence-corrected chi connectivity index (χ3v) is 4.53. The van der Waals surface area contributed by atoms with Gasteiger partial charge in [0.2, 0.25) is 5.91 Å². The highest BCUT2D eigenvalue weighted by molar-refractivity contribution is 5.98. The lowest BCUT2D eigenvalue weighted by molar-refractivity contribution is -0.121. The van der Waals surface area contributed by atoms with E-state index in [9.17, 15) is 9.59 Å². The molecular formula is C23H30N2O3. The van der Waals surface area contributed by atoms with Crippen LogP contribution in [0.4, 0.5) is 0 Å². The number of hydrogen-bond donors (Lipinski definition) is 1. The van der Waals surface area contributed by atoms with Crippen LogP contribution in [0, 0.1) is 0 Å². The van der Waals surface area contributed by atoms with Crippen molar-refractivity contribution in [1.82, 2.24) is 10.2 Å². The molecule has 0 saturated heterocycles. The van der Waals surface area contributed by atoms with Gasteiger partial charge in [-0.25, -0.2) is 0 Å². The number of likely N-dealkylation sites (N-methyl/N-ethyl adjacent to an activating group) is 1. The summed E-state index contributed by atoms with van der Waals surface area (Å²) in [4.78, 5) is 26.6. The van der Waals surface area contributed by atoms with Crippen LogP contribution in [0.2, 0.25) is 0 Å². The Balaban J connectivity index is 1.80. The van der Waals surface area contributed by atoms with E-state index in [0.717, 1.165) is 17.7 Å². The number of ether oxygens (including phenoxy) is 1. The van der Waals surface area contributed by atoms with E-state index in [1.54, 1.807) is 24.3 Å². The molecule has 0 fully saturated rings. The van der Waals surface area contributed by atoms with Crippen LogP contribution < -0.4 is 10.1 Å². The first kappa shape index (κ1) is 21.6. The van der Waals surface area contributed by atoms with Crippen molar-refractivity contribution in [3.05, 3.63) is 65.7 Å². The van der Waals surface area contributed by atoms with Crippen LogP contribution in [0.25, 0.3) is 0 Å². The molecule has 0 aromatic heterocycles. The number of nitrogens with one attached hydrogen (secondary N) is 1. The molecule has 1 N–H and O–H groups in total. The molecule has 0 aliphatic rings. The van der Waals surface area contributed by atoms with Gasteiger partial charge in [-0.1, -0.05) is 37.3 Å². The first-order chi connectivity index (χ1) is 13.5. The van der Waals surface area contributed by atoms with Gasteiger partial charge in [-0.3, -0.25) is 9.59 Å². The summed E-state index contributed by atoms with van der Waals surface area (Å²) in [5.74, 6) is 0.607. The van der Waals surface area contributed by atoms with Crippen molar-refractivity contribution < 1.29 is 14.3 Å². The van der Waals surface area contributed by atoms with Crippen molar-refractivity contribution in [2.75, 3.05) is 27.2 Å². The van der Waals surface area contributed by atoms with E-state index in [2.05, 4.69) is 10.2 Å². The second kappa shape index (κ2) is 11.2. The number of ketones is 1. The normalized spacial score (nSPS) is 11.9. The van der Waals surface area contributed by atoms with E-state index in [1.165, 1.54) is 0 Å². The lowest BCUT2D eigenvalue weighted by Gasteiger charge is -2.25. The first-order valence-corrected chi connectivity index (χ1v) is 9.75. The first-order valence-electron chi connectivity index (χ1n) is 9.75. The number of rotatable bonds is 11. The van der Waals surface area contributed by atoms with Crippen molar-refractivity contribution in [3.63, 3.8) is 0 Å². The lowest BCUT2D eigenvalue weighted by atomic mass is 10.1. The maximum absolute atomic E-state index is 12.3. The second-order valence-corrected chi connectivity index (χ2v) is 6.99. The minimum atomic E-state index is -0.112. The molecule has 0 aliphatic heterocycles. The predicted octanol–water partition coefficient (Wildman–Crippen LogP) is 3.86. The predicted molar refractivity (Wildman–Crippen MR) is 112 cm³/mol. The zero-order valence-electron chi connectivity index (χ0n) is 17.0. The number of carbonyl (C=O) groups excluding carboxylic acids is 2. The fourth-order valence-electron chi connectivity index (χ4n) is 2.90. The molecule has 1 unspecified atom stereocenters. The van der Waals surface area contributed by atoms with Crippen molar-refractivity contribution >= 4 is 11.7 Å². The summed E-state index contributed by atoms with van der Waals surface area (Å²) in [6.45, 7) is 3.21. The zero-order valence-corrected chi connectivity index (χ0v) is 17.0. The molecular weight excluding hydrogens is 352 g/mol. The van der Waals surface area contributed by atoms with Gasteiger partial charge in [0, 0.05) is 24.9 Å². The summed E-state index contributed by atoms with van der Waals surface area (Å²) >= 11 is 0. The maximum Gasteiger partial charge on any atom is 0.220 e. The van der Waals surface area contributed by atoms with Gasteiger partial charge in [-0.2, -0.15) is 0 Å². The van der Waals surface area contributed by atoms with Gasteiger partial charge in [0.25, 0.3) is 0 Å². The van der Waals surface area contributed by atoms with E-state index in [1.807, 2.05) is 51.4 Å². The molecule has 0 heterocycles. The smallest absolute Gasteiger partial charge is 0.220 e. The highest BCUT2D eigenvalue weighted by Crippen LogP contribution is 2.17. The molecule has 0 aliphatic carbocycles. The van der Waals surface area contributed by atoms with Crippen LogP contribution >= 0.6 is 0 Å². The van der Waals surface area contributed by atoms with Crippen LogP contribution in [0.3, 0.4) is 0 Å². The Bertz CT molecular complexity index is 742. The summed E-state index contributed by atoms with van der Waals surface area (Å²) in [6, 6.07) is 17.2. The van der Waals surface area contributed by atoms with E-state index < -0.39 is 0 Å². The van der Waals surface area contributed by atoms with Crippen molar-refractivity contribution in [1.29, 1.82) is 0 Å². The van der Waals surface area contributed by atoms with Crippen molar-refractivity contribution in [2.24, 2.45) is 0 Å². The number of Topliss-reactive ketones (excluding diaryl/α,β-unsaturated/α-hetero) is 1. The maximum atomic E-state index is 12.3. The van der Waals surface area contributed by atoms with Crippen LogP contribution in [-0.2, 0) is 4.79 Å². The van der Waals surface area contributed by atoms with Gasteiger partial charge in [-0.15, -0.1) is 0 Å². The Morgan fingerprint density at radius 3 is 2.29 bits per heavy atom. The Hall–Kier alpha value is -2.66. The molecule has 1 atom stereocenters. The number of benzene rings is 2. The zero-order chi connectivity index (χ0) is 20.4. The van der Waals surface area contributed by atoms with Gasteiger partial charge in [0.1, 0.15) is 5.75 Å². The van der Waals surface area contributed by atoms with Crippen molar-refractivity contribution in [3.8, 4) is 5.75 Å². The monoisotopic (exact) mass is 382 g/mol. The minimum Gasteiger partial charge on any atom is -0.494 e. The molecule has 1 amide bonds. The molecule has 0 saturated carbocycles. The topological polar surface area (TPSA) is 58.6 Å². The van der Waals surface area contributed by atoms with Gasteiger partial charge >= 0.3 is 0 Å². The summed E-state index contributed by atoms with van der Waals surface area (Å²) in [7, 11) is 3.97. The molecule has 0 spiro atoms. The number of carbonyl (C=O) groups is 2. The van der Waals surface area contributed by atoms with Gasteiger partial charge in [0.05, 0.1) is 12.6 Å². The summed E-state index contributed by atoms with van der Waals surface area (Å²) in [6.07, 6.45) is 1.32. The average Bonchev–Trinajstić information content (AvgIpc) is 2.71.